The first-order valence-corrected chi connectivity index (χ1v) is 12.9. The molecule has 2 aromatic carbocycles. The summed E-state index contributed by atoms with van der Waals surface area (Å²) in [6.07, 6.45) is 2.66. The van der Waals surface area contributed by atoms with Gasteiger partial charge in [-0.3, -0.25) is 4.79 Å². The van der Waals surface area contributed by atoms with Crippen LogP contribution in [0.3, 0.4) is 0 Å². The van der Waals surface area contributed by atoms with Crippen LogP contribution in [0.25, 0.3) is 10.9 Å². The molecule has 0 bridgehead atoms. The zero-order chi connectivity index (χ0) is 23.5. The Bertz CT molecular complexity index is 1240. The van der Waals surface area contributed by atoms with Crippen LogP contribution in [-0.4, -0.2) is 53.0 Å². The zero-order valence-corrected chi connectivity index (χ0v) is 20.3. The van der Waals surface area contributed by atoms with Gasteiger partial charge in [0.1, 0.15) is 5.82 Å². The molecule has 0 spiro atoms. The lowest BCUT2D eigenvalue weighted by Crippen LogP contribution is -2.48. The number of aromatic nitrogens is 1. The maximum Gasteiger partial charge on any atom is 0.223 e. The Morgan fingerprint density at radius 3 is 2.50 bits per heavy atom. The minimum Gasteiger partial charge on any atom is -0.343 e. The van der Waals surface area contributed by atoms with Crippen LogP contribution < -0.4 is 0 Å². The molecule has 1 amide bonds. The van der Waals surface area contributed by atoms with E-state index >= 15 is 0 Å². The topological polar surface area (TPSA) is 28.5 Å². The van der Waals surface area contributed by atoms with E-state index in [-0.39, 0.29) is 17.6 Å². The molecule has 5 rings (SSSR count). The van der Waals surface area contributed by atoms with Crippen molar-refractivity contribution >= 4 is 28.1 Å². The molecule has 1 aliphatic heterocycles. The zero-order valence-electron chi connectivity index (χ0n) is 19.5. The largest absolute Gasteiger partial charge is 0.343 e. The Morgan fingerprint density at radius 1 is 1.03 bits per heavy atom. The predicted molar refractivity (Wildman–Crippen MR) is 137 cm³/mol. The first kappa shape index (κ1) is 22.8. The van der Waals surface area contributed by atoms with E-state index in [1.165, 1.54) is 28.6 Å². The summed E-state index contributed by atoms with van der Waals surface area (Å²) < 4.78 is 15.6. The Balaban J connectivity index is 1.47. The number of benzene rings is 2. The van der Waals surface area contributed by atoms with E-state index < -0.39 is 0 Å². The quantitative estimate of drug-likeness (QED) is 0.349. The van der Waals surface area contributed by atoms with Gasteiger partial charge in [-0.25, -0.2) is 4.39 Å². The Morgan fingerprint density at radius 2 is 1.79 bits per heavy atom. The number of amides is 1. The van der Waals surface area contributed by atoms with Crippen LogP contribution in [0, 0.1) is 5.82 Å². The Kier molecular flexibility index (Phi) is 6.79. The van der Waals surface area contributed by atoms with E-state index in [1.54, 1.807) is 11.3 Å². The highest BCUT2D eigenvalue weighted by molar-refractivity contribution is 7.08. The number of hydrogen-bond acceptors (Lipinski definition) is 3. The number of para-hydroxylation sites is 1. The number of carbonyl (C=O) groups excluding carboxylic acids is 1. The smallest absolute Gasteiger partial charge is 0.223 e. The highest BCUT2D eigenvalue weighted by Crippen LogP contribution is 2.36. The second kappa shape index (κ2) is 10.1. The summed E-state index contributed by atoms with van der Waals surface area (Å²) in [7, 11) is 0. The molecule has 1 fully saturated rings. The Labute approximate surface area is 204 Å². The lowest BCUT2D eigenvalue weighted by molar-refractivity contribution is -0.133. The molecule has 2 aromatic heterocycles. The van der Waals surface area contributed by atoms with Crippen molar-refractivity contribution in [2.45, 2.75) is 25.8 Å². The third kappa shape index (κ3) is 4.79. The number of nitrogens with zero attached hydrogens (tertiary/aromatic N) is 3. The van der Waals surface area contributed by atoms with Gasteiger partial charge < -0.3 is 14.4 Å². The number of thiophene rings is 1. The van der Waals surface area contributed by atoms with E-state index in [4.69, 9.17) is 0 Å². The molecule has 0 N–H and O–H groups in total. The van der Waals surface area contributed by atoms with Crippen molar-refractivity contribution in [1.82, 2.24) is 14.4 Å². The van der Waals surface area contributed by atoms with Crippen LogP contribution in [0.2, 0.25) is 0 Å². The molecule has 0 aliphatic carbocycles. The summed E-state index contributed by atoms with van der Waals surface area (Å²) in [6, 6.07) is 17.2. The SMILES string of the molecule is CCN1CCN(C(=O)CC(c2ccsc2)c2cn(Cc3ccc(F)cc3)c3ccccc23)CC1. The number of likely N-dealkylation sites (N-methyl/N-ethyl adjacent to an activating group) is 1. The van der Waals surface area contributed by atoms with E-state index in [2.05, 4.69) is 57.6 Å². The van der Waals surface area contributed by atoms with Gasteiger partial charge in [0.2, 0.25) is 5.91 Å². The molecule has 34 heavy (non-hydrogen) atoms. The molecule has 1 atom stereocenters. The van der Waals surface area contributed by atoms with Crippen LogP contribution in [0.1, 0.15) is 36.0 Å². The predicted octanol–water partition coefficient (Wildman–Crippen LogP) is 5.58. The average Bonchev–Trinajstić information content (AvgIpc) is 3.53. The monoisotopic (exact) mass is 475 g/mol. The number of hydrogen-bond donors (Lipinski definition) is 0. The fraction of sp³-hybridized carbons (Fsp3) is 0.321. The van der Waals surface area contributed by atoms with E-state index in [0.717, 1.165) is 43.8 Å². The standard InChI is InChI=1S/C28H30FN3OS/c1-2-30-12-14-31(15-13-30)28(33)17-25(22-11-16-34-20-22)26-19-32(27-6-4-3-5-24(26)27)18-21-7-9-23(29)10-8-21/h3-11,16,19-20,25H,2,12-15,17-18H2,1H3. The van der Waals surface area contributed by atoms with Crippen LogP contribution in [0.4, 0.5) is 4.39 Å². The summed E-state index contributed by atoms with van der Waals surface area (Å²) in [5.74, 6) is 0.00208. The number of carbonyl (C=O) groups is 1. The molecule has 0 saturated carbocycles. The van der Waals surface area contributed by atoms with Gasteiger partial charge in [0.15, 0.2) is 0 Å². The van der Waals surface area contributed by atoms with Gasteiger partial charge >= 0.3 is 0 Å². The van der Waals surface area contributed by atoms with Gasteiger partial charge in [0.05, 0.1) is 0 Å². The van der Waals surface area contributed by atoms with Gasteiger partial charge in [-0.2, -0.15) is 11.3 Å². The number of halogens is 1. The lowest BCUT2D eigenvalue weighted by Gasteiger charge is -2.34. The highest BCUT2D eigenvalue weighted by atomic mass is 32.1. The normalized spacial score (nSPS) is 15.6. The van der Waals surface area contributed by atoms with Crippen LogP contribution >= 0.6 is 11.3 Å². The van der Waals surface area contributed by atoms with Crippen molar-refractivity contribution in [3.8, 4) is 0 Å². The molecule has 4 nitrogen and oxygen atoms in total. The average molecular weight is 476 g/mol. The maximum atomic E-state index is 13.4. The first-order valence-electron chi connectivity index (χ1n) is 12.0. The molecular weight excluding hydrogens is 445 g/mol. The molecule has 1 aliphatic rings. The van der Waals surface area contributed by atoms with Gasteiger partial charge in [-0.05, 0) is 58.3 Å². The minimum atomic E-state index is -0.224. The Hall–Kier alpha value is -2.96. The summed E-state index contributed by atoms with van der Waals surface area (Å²) in [5.41, 5.74) is 4.55. The number of fused-ring (bicyclic) bond motifs is 1. The van der Waals surface area contributed by atoms with Gasteiger partial charge in [0.25, 0.3) is 0 Å². The van der Waals surface area contributed by atoms with Crippen molar-refractivity contribution in [3.63, 3.8) is 0 Å². The number of rotatable bonds is 7. The van der Waals surface area contributed by atoms with Crippen molar-refractivity contribution in [3.05, 3.63) is 94.1 Å². The molecule has 4 aromatic rings. The molecule has 6 heteroatoms. The highest BCUT2D eigenvalue weighted by Gasteiger charge is 2.27. The second-order valence-electron chi connectivity index (χ2n) is 8.98. The van der Waals surface area contributed by atoms with E-state index in [1.807, 2.05) is 23.1 Å². The third-order valence-corrected chi connectivity index (χ3v) is 7.66. The summed E-state index contributed by atoms with van der Waals surface area (Å²) in [5, 5.41) is 5.42. The molecule has 1 unspecified atom stereocenters. The minimum absolute atomic E-state index is 0.00215. The first-order chi connectivity index (χ1) is 16.6. The van der Waals surface area contributed by atoms with Gasteiger partial charge in [0, 0.05) is 62.2 Å². The van der Waals surface area contributed by atoms with Crippen molar-refractivity contribution < 1.29 is 9.18 Å². The van der Waals surface area contributed by atoms with Gasteiger partial charge in [-0.15, -0.1) is 0 Å². The van der Waals surface area contributed by atoms with Crippen molar-refractivity contribution in [2.75, 3.05) is 32.7 Å². The van der Waals surface area contributed by atoms with Crippen LogP contribution in [0.5, 0.6) is 0 Å². The summed E-state index contributed by atoms with van der Waals surface area (Å²) in [4.78, 5) is 17.8. The van der Waals surface area contributed by atoms with Gasteiger partial charge in [-0.1, -0.05) is 37.3 Å². The maximum absolute atomic E-state index is 13.4. The fourth-order valence-electron chi connectivity index (χ4n) is 4.97. The lowest BCUT2D eigenvalue weighted by atomic mass is 9.89. The van der Waals surface area contributed by atoms with Crippen molar-refractivity contribution in [2.24, 2.45) is 0 Å². The van der Waals surface area contributed by atoms with Crippen molar-refractivity contribution in [1.29, 1.82) is 0 Å². The summed E-state index contributed by atoms with van der Waals surface area (Å²) in [6.45, 7) is 7.36. The summed E-state index contributed by atoms with van der Waals surface area (Å²) >= 11 is 1.67. The molecule has 1 saturated heterocycles. The second-order valence-corrected chi connectivity index (χ2v) is 9.76. The third-order valence-electron chi connectivity index (χ3n) is 6.96. The van der Waals surface area contributed by atoms with Crippen LogP contribution in [0.15, 0.2) is 71.6 Å². The molecule has 0 radical (unpaired) electrons. The fourth-order valence-corrected chi connectivity index (χ4v) is 5.68. The molecular formula is C28H30FN3OS. The number of piperazine rings is 1. The van der Waals surface area contributed by atoms with E-state index in [9.17, 15) is 9.18 Å². The van der Waals surface area contributed by atoms with E-state index in [0.29, 0.717) is 13.0 Å². The van der Waals surface area contributed by atoms with Crippen LogP contribution in [-0.2, 0) is 11.3 Å². The molecule has 176 valence electrons. The molecule has 3 heterocycles.